The van der Waals surface area contributed by atoms with Gasteiger partial charge in [-0.3, -0.25) is 9.59 Å². The maximum absolute atomic E-state index is 12.6. The third-order valence-corrected chi connectivity index (χ3v) is 4.94. The lowest BCUT2D eigenvalue weighted by atomic mass is 10.1. The summed E-state index contributed by atoms with van der Waals surface area (Å²) in [5.41, 5.74) is 4.00. The van der Waals surface area contributed by atoms with E-state index in [1.54, 1.807) is 29.2 Å². The fraction of sp³-hybridized carbons (Fsp3) is 0.286. The fourth-order valence-electron chi connectivity index (χ4n) is 3.20. The van der Waals surface area contributed by atoms with E-state index in [0.29, 0.717) is 17.8 Å². The molecule has 0 aliphatic carbocycles. The van der Waals surface area contributed by atoms with Gasteiger partial charge in [-0.1, -0.05) is 12.1 Å². The number of ether oxygens (including phenoxy) is 1. The summed E-state index contributed by atoms with van der Waals surface area (Å²) >= 11 is 0. The Morgan fingerprint density at radius 2 is 1.81 bits per heavy atom. The third-order valence-electron chi connectivity index (χ3n) is 4.94. The molecule has 1 aliphatic heterocycles. The summed E-state index contributed by atoms with van der Waals surface area (Å²) in [7, 11) is 1.32. The second kappa shape index (κ2) is 7.61. The van der Waals surface area contributed by atoms with Gasteiger partial charge in [0, 0.05) is 24.3 Å². The summed E-state index contributed by atoms with van der Waals surface area (Å²) in [4.78, 5) is 38.2. The van der Waals surface area contributed by atoms with Crippen molar-refractivity contribution in [2.24, 2.45) is 5.92 Å². The summed E-state index contributed by atoms with van der Waals surface area (Å²) in [6, 6.07) is 12.3. The number of hydrogen-bond acceptors (Lipinski definition) is 4. The van der Waals surface area contributed by atoms with Gasteiger partial charge in [-0.2, -0.15) is 0 Å². The SMILES string of the molecule is COC(=O)c1ccc(NC(=O)C2CC(=O)N(c3cccc(C)c3C)C2)cc1. The van der Waals surface area contributed by atoms with Crippen LogP contribution in [-0.4, -0.2) is 31.4 Å². The van der Waals surface area contributed by atoms with Crippen LogP contribution >= 0.6 is 0 Å². The number of carbonyl (C=O) groups excluding carboxylic acids is 3. The van der Waals surface area contributed by atoms with E-state index in [1.807, 2.05) is 32.0 Å². The molecule has 2 amide bonds. The number of rotatable bonds is 4. The molecule has 0 bridgehead atoms. The second-order valence-corrected chi connectivity index (χ2v) is 6.68. The van der Waals surface area contributed by atoms with Crippen molar-refractivity contribution in [2.45, 2.75) is 20.3 Å². The maximum atomic E-state index is 12.6. The normalized spacial score (nSPS) is 16.3. The van der Waals surface area contributed by atoms with Crippen molar-refractivity contribution in [3.8, 4) is 0 Å². The first-order valence-corrected chi connectivity index (χ1v) is 8.76. The van der Waals surface area contributed by atoms with Gasteiger partial charge in [0.2, 0.25) is 11.8 Å². The molecule has 0 spiro atoms. The first-order valence-electron chi connectivity index (χ1n) is 8.76. The van der Waals surface area contributed by atoms with Gasteiger partial charge in [-0.25, -0.2) is 4.79 Å². The van der Waals surface area contributed by atoms with Crippen molar-refractivity contribution in [1.29, 1.82) is 0 Å². The predicted octanol–water partition coefficient (Wildman–Crippen LogP) is 3.08. The van der Waals surface area contributed by atoms with Gasteiger partial charge in [-0.05, 0) is 55.3 Å². The Bertz CT molecular complexity index is 890. The first kappa shape index (κ1) is 18.6. The Labute approximate surface area is 158 Å². The molecule has 1 fully saturated rings. The van der Waals surface area contributed by atoms with E-state index in [0.717, 1.165) is 16.8 Å². The number of amides is 2. The van der Waals surface area contributed by atoms with Crippen LogP contribution in [0.3, 0.4) is 0 Å². The zero-order valence-electron chi connectivity index (χ0n) is 15.6. The fourth-order valence-corrected chi connectivity index (χ4v) is 3.20. The van der Waals surface area contributed by atoms with Crippen LogP contribution in [0.15, 0.2) is 42.5 Å². The van der Waals surface area contributed by atoms with Crippen molar-refractivity contribution >= 4 is 29.2 Å². The lowest BCUT2D eigenvalue weighted by Gasteiger charge is -2.20. The smallest absolute Gasteiger partial charge is 0.337 e. The van der Waals surface area contributed by atoms with E-state index in [4.69, 9.17) is 0 Å². The first-order chi connectivity index (χ1) is 12.9. The van der Waals surface area contributed by atoms with Crippen molar-refractivity contribution < 1.29 is 19.1 Å². The molecule has 140 valence electrons. The van der Waals surface area contributed by atoms with Crippen molar-refractivity contribution in [2.75, 3.05) is 23.9 Å². The minimum atomic E-state index is -0.432. The number of anilines is 2. The Kier molecular flexibility index (Phi) is 5.26. The van der Waals surface area contributed by atoms with Gasteiger partial charge in [0.05, 0.1) is 18.6 Å². The number of nitrogens with zero attached hydrogens (tertiary/aromatic N) is 1. The summed E-state index contributed by atoms with van der Waals surface area (Å²) in [6.45, 7) is 4.34. The lowest BCUT2D eigenvalue weighted by molar-refractivity contribution is -0.122. The standard InChI is InChI=1S/C21H22N2O4/c1-13-5-4-6-18(14(13)2)23-12-16(11-19(23)24)20(25)22-17-9-7-15(8-10-17)21(26)27-3/h4-10,16H,11-12H2,1-3H3,(H,22,25). The van der Waals surface area contributed by atoms with Gasteiger partial charge < -0.3 is 15.0 Å². The topological polar surface area (TPSA) is 75.7 Å². The molecule has 1 atom stereocenters. The van der Waals surface area contributed by atoms with Crippen LogP contribution in [0.5, 0.6) is 0 Å². The van der Waals surface area contributed by atoms with Crippen LogP contribution in [0.2, 0.25) is 0 Å². The summed E-state index contributed by atoms with van der Waals surface area (Å²) < 4.78 is 4.65. The van der Waals surface area contributed by atoms with Gasteiger partial charge >= 0.3 is 5.97 Å². The molecular weight excluding hydrogens is 344 g/mol. The third kappa shape index (κ3) is 3.84. The quantitative estimate of drug-likeness (QED) is 0.844. The van der Waals surface area contributed by atoms with Crippen LogP contribution < -0.4 is 10.2 Å². The number of esters is 1. The molecule has 1 saturated heterocycles. The van der Waals surface area contributed by atoms with Crippen LogP contribution in [0, 0.1) is 19.8 Å². The van der Waals surface area contributed by atoms with Crippen LogP contribution in [0.25, 0.3) is 0 Å². The highest BCUT2D eigenvalue weighted by molar-refractivity contribution is 6.04. The van der Waals surface area contributed by atoms with Crippen molar-refractivity contribution in [3.63, 3.8) is 0 Å². The van der Waals surface area contributed by atoms with E-state index in [2.05, 4.69) is 10.1 Å². The van der Waals surface area contributed by atoms with E-state index < -0.39 is 11.9 Å². The van der Waals surface area contributed by atoms with Gasteiger partial charge in [0.25, 0.3) is 0 Å². The average Bonchev–Trinajstić information content (AvgIpc) is 3.05. The summed E-state index contributed by atoms with van der Waals surface area (Å²) in [5.74, 6) is -1.11. The maximum Gasteiger partial charge on any atom is 0.337 e. The number of benzene rings is 2. The average molecular weight is 366 g/mol. The Morgan fingerprint density at radius 3 is 2.48 bits per heavy atom. The highest BCUT2D eigenvalue weighted by atomic mass is 16.5. The zero-order valence-corrected chi connectivity index (χ0v) is 15.6. The number of aryl methyl sites for hydroxylation is 1. The zero-order chi connectivity index (χ0) is 19.6. The van der Waals surface area contributed by atoms with Crippen LogP contribution in [0.1, 0.15) is 27.9 Å². The molecule has 6 heteroatoms. The molecule has 6 nitrogen and oxygen atoms in total. The highest BCUT2D eigenvalue weighted by Crippen LogP contribution is 2.30. The Morgan fingerprint density at radius 1 is 1.11 bits per heavy atom. The van der Waals surface area contributed by atoms with Gasteiger partial charge in [-0.15, -0.1) is 0 Å². The molecule has 1 N–H and O–H groups in total. The summed E-state index contributed by atoms with van der Waals surface area (Å²) in [6.07, 6.45) is 0.180. The minimum absolute atomic E-state index is 0.0510. The van der Waals surface area contributed by atoms with Gasteiger partial charge in [0.1, 0.15) is 0 Å². The number of hydrogen-bond donors (Lipinski definition) is 1. The van der Waals surface area contributed by atoms with Crippen LogP contribution in [0.4, 0.5) is 11.4 Å². The summed E-state index contributed by atoms with van der Waals surface area (Å²) in [5, 5.41) is 2.82. The van der Waals surface area contributed by atoms with E-state index in [1.165, 1.54) is 7.11 Å². The molecule has 0 aromatic heterocycles. The number of methoxy groups -OCH3 is 1. The largest absolute Gasteiger partial charge is 0.465 e. The molecule has 0 saturated carbocycles. The highest BCUT2D eigenvalue weighted by Gasteiger charge is 2.35. The number of carbonyl (C=O) groups is 3. The molecule has 1 aliphatic rings. The van der Waals surface area contributed by atoms with Crippen molar-refractivity contribution in [1.82, 2.24) is 0 Å². The Hall–Kier alpha value is -3.15. The van der Waals surface area contributed by atoms with Crippen LogP contribution in [-0.2, 0) is 14.3 Å². The molecule has 1 heterocycles. The van der Waals surface area contributed by atoms with E-state index >= 15 is 0 Å². The Balaban J connectivity index is 1.69. The van der Waals surface area contributed by atoms with E-state index in [9.17, 15) is 14.4 Å². The minimum Gasteiger partial charge on any atom is -0.465 e. The number of nitrogens with one attached hydrogen (secondary N) is 1. The predicted molar refractivity (Wildman–Crippen MR) is 103 cm³/mol. The second-order valence-electron chi connectivity index (χ2n) is 6.68. The molecule has 27 heavy (non-hydrogen) atoms. The molecule has 0 radical (unpaired) electrons. The monoisotopic (exact) mass is 366 g/mol. The molecular formula is C21H22N2O4. The van der Waals surface area contributed by atoms with E-state index in [-0.39, 0.29) is 18.2 Å². The van der Waals surface area contributed by atoms with Crippen molar-refractivity contribution in [3.05, 3.63) is 59.2 Å². The molecule has 2 aromatic rings. The molecule has 2 aromatic carbocycles. The van der Waals surface area contributed by atoms with Gasteiger partial charge in [0.15, 0.2) is 0 Å². The molecule has 1 unspecified atom stereocenters. The lowest BCUT2D eigenvalue weighted by Crippen LogP contribution is -2.28. The molecule has 3 rings (SSSR count).